The number of carbonyl (C=O) groups is 1. The van der Waals surface area contributed by atoms with E-state index in [1.807, 2.05) is 78.9 Å². The second kappa shape index (κ2) is 11.1. The van der Waals surface area contributed by atoms with Crippen molar-refractivity contribution in [2.75, 3.05) is 0 Å². The number of rotatable bonds is 7. The van der Waals surface area contributed by atoms with E-state index in [1.54, 1.807) is 35.6 Å². The first-order valence-electron chi connectivity index (χ1n) is 11.1. The zero-order chi connectivity index (χ0) is 24.7. The zero-order valence-electron chi connectivity index (χ0n) is 19.0. The van der Waals surface area contributed by atoms with Gasteiger partial charge in [0.15, 0.2) is 5.17 Å². The molecular formula is C28H20ClN3O3S. The molecule has 0 radical (unpaired) electrons. The van der Waals surface area contributed by atoms with Gasteiger partial charge in [0.2, 0.25) is 0 Å². The van der Waals surface area contributed by atoms with Crippen LogP contribution in [0.5, 0.6) is 11.5 Å². The molecule has 178 valence electrons. The normalized spacial score (nSPS) is 15.9. The maximum Gasteiger partial charge on any atom is 0.267 e. The average molecular weight is 514 g/mol. The number of para-hydroxylation sites is 1. The summed E-state index contributed by atoms with van der Waals surface area (Å²) in [4.78, 5) is 15.4. The minimum absolute atomic E-state index is 0.175. The van der Waals surface area contributed by atoms with Gasteiger partial charge in [-0.2, -0.15) is 5.10 Å². The minimum Gasteiger partial charge on any atom is -0.467 e. The first-order valence-corrected chi connectivity index (χ1v) is 12.3. The molecule has 1 aromatic heterocycles. The first-order chi connectivity index (χ1) is 17.6. The van der Waals surface area contributed by atoms with Gasteiger partial charge in [-0.05, 0) is 77.5 Å². The third kappa shape index (κ3) is 5.94. The van der Waals surface area contributed by atoms with Crippen molar-refractivity contribution in [3.05, 3.63) is 124 Å². The largest absolute Gasteiger partial charge is 0.467 e. The fraction of sp³-hybridized carbons (Fsp3) is 0.0357. The minimum atomic E-state index is -0.175. The van der Waals surface area contributed by atoms with E-state index >= 15 is 0 Å². The van der Waals surface area contributed by atoms with Crippen molar-refractivity contribution in [2.45, 2.75) is 6.54 Å². The predicted molar refractivity (Wildman–Crippen MR) is 144 cm³/mol. The van der Waals surface area contributed by atoms with E-state index in [1.165, 1.54) is 11.8 Å². The number of ether oxygens (including phenoxy) is 1. The van der Waals surface area contributed by atoms with Crippen LogP contribution in [0, 0.1) is 0 Å². The number of hydrogen-bond donors (Lipinski definition) is 0. The molecule has 0 unspecified atom stereocenters. The van der Waals surface area contributed by atoms with Crippen molar-refractivity contribution in [1.82, 2.24) is 4.90 Å². The lowest BCUT2D eigenvalue weighted by Gasteiger charge is -2.12. The molecule has 1 fully saturated rings. The molecule has 36 heavy (non-hydrogen) atoms. The van der Waals surface area contributed by atoms with Gasteiger partial charge in [-0.3, -0.25) is 9.69 Å². The van der Waals surface area contributed by atoms with Crippen LogP contribution in [0.3, 0.4) is 0 Å². The second-order valence-electron chi connectivity index (χ2n) is 7.75. The Morgan fingerprint density at radius 1 is 0.917 bits per heavy atom. The Morgan fingerprint density at radius 3 is 2.50 bits per heavy atom. The molecule has 0 atom stereocenters. The lowest BCUT2D eigenvalue weighted by molar-refractivity contribution is -0.122. The van der Waals surface area contributed by atoms with Crippen molar-refractivity contribution >= 4 is 46.7 Å². The van der Waals surface area contributed by atoms with Crippen molar-refractivity contribution in [1.29, 1.82) is 0 Å². The number of furan rings is 1. The molecule has 0 spiro atoms. The van der Waals surface area contributed by atoms with Crippen LogP contribution in [-0.4, -0.2) is 22.2 Å². The van der Waals surface area contributed by atoms with E-state index in [0.717, 1.165) is 16.9 Å². The summed E-state index contributed by atoms with van der Waals surface area (Å²) < 4.78 is 11.4. The highest BCUT2D eigenvalue weighted by molar-refractivity contribution is 8.18. The third-order valence-corrected chi connectivity index (χ3v) is 6.39. The quantitative estimate of drug-likeness (QED) is 0.148. The topological polar surface area (TPSA) is 67.4 Å². The molecule has 3 aromatic carbocycles. The molecule has 1 amide bonds. The van der Waals surface area contributed by atoms with Crippen LogP contribution in [0.25, 0.3) is 6.08 Å². The Bertz CT molecular complexity index is 1430. The number of carbonyl (C=O) groups excluding carboxylic acids is 1. The molecule has 4 aromatic rings. The molecule has 1 saturated heterocycles. The van der Waals surface area contributed by atoms with E-state index in [0.29, 0.717) is 26.6 Å². The van der Waals surface area contributed by atoms with Gasteiger partial charge in [0.1, 0.15) is 17.3 Å². The predicted octanol–water partition coefficient (Wildman–Crippen LogP) is 7.23. The average Bonchev–Trinajstić information content (AvgIpc) is 3.50. The maximum absolute atomic E-state index is 13.3. The highest BCUT2D eigenvalue weighted by Crippen LogP contribution is 2.34. The van der Waals surface area contributed by atoms with Gasteiger partial charge in [0.05, 0.1) is 23.9 Å². The fourth-order valence-electron chi connectivity index (χ4n) is 3.42. The number of halogens is 1. The zero-order valence-corrected chi connectivity index (χ0v) is 20.5. The lowest BCUT2D eigenvalue weighted by atomic mass is 10.2. The molecule has 1 aliphatic heterocycles. The number of amides is 1. The molecule has 0 saturated carbocycles. The van der Waals surface area contributed by atoms with Gasteiger partial charge < -0.3 is 9.15 Å². The van der Waals surface area contributed by atoms with Gasteiger partial charge in [0, 0.05) is 5.02 Å². The van der Waals surface area contributed by atoms with E-state index in [2.05, 4.69) is 10.2 Å². The van der Waals surface area contributed by atoms with Gasteiger partial charge >= 0.3 is 0 Å². The number of hydrogen-bond acceptors (Lipinski definition) is 6. The highest BCUT2D eigenvalue weighted by atomic mass is 35.5. The van der Waals surface area contributed by atoms with Crippen LogP contribution >= 0.6 is 23.4 Å². The Kier molecular flexibility index (Phi) is 7.30. The van der Waals surface area contributed by atoms with Crippen molar-refractivity contribution in [3.8, 4) is 11.5 Å². The maximum atomic E-state index is 13.3. The highest BCUT2D eigenvalue weighted by Gasteiger charge is 2.34. The summed E-state index contributed by atoms with van der Waals surface area (Å²) in [5.74, 6) is 1.90. The molecular weight excluding hydrogens is 494 g/mol. The standard InChI is InChI=1S/C28H20ClN3O3S/c29-22-13-11-20(12-14-22)18-30-31-28-32(19-25-10-5-15-34-25)27(33)26(36-28)17-21-6-4-9-24(16-21)35-23-7-2-1-3-8-23/h1-18H,19H2/b26-17-,30-18+,31-28-. The van der Waals surface area contributed by atoms with Crippen LogP contribution in [0.15, 0.2) is 117 Å². The van der Waals surface area contributed by atoms with Crippen molar-refractivity contribution < 1.29 is 13.9 Å². The van der Waals surface area contributed by atoms with Crippen molar-refractivity contribution in [3.63, 3.8) is 0 Å². The van der Waals surface area contributed by atoms with Gasteiger partial charge in [-0.15, -0.1) is 5.10 Å². The van der Waals surface area contributed by atoms with E-state index in [4.69, 9.17) is 20.8 Å². The van der Waals surface area contributed by atoms with E-state index in [-0.39, 0.29) is 12.5 Å². The molecule has 8 heteroatoms. The number of amidine groups is 1. The van der Waals surface area contributed by atoms with E-state index in [9.17, 15) is 4.79 Å². The Hall–Kier alpha value is -4.07. The van der Waals surface area contributed by atoms with Crippen LogP contribution in [0.4, 0.5) is 0 Å². The summed E-state index contributed by atoms with van der Waals surface area (Å²) in [7, 11) is 0. The summed E-state index contributed by atoms with van der Waals surface area (Å²) in [6, 6.07) is 28.0. The van der Waals surface area contributed by atoms with Crippen LogP contribution < -0.4 is 4.74 Å². The van der Waals surface area contributed by atoms with Gasteiger partial charge in [-0.25, -0.2) is 0 Å². The van der Waals surface area contributed by atoms with Crippen LogP contribution in [0.2, 0.25) is 5.02 Å². The summed E-state index contributed by atoms with van der Waals surface area (Å²) in [6.45, 7) is 0.253. The first kappa shape index (κ1) is 23.7. The van der Waals surface area contributed by atoms with E-state index < -0.39 is 0 Å². The Labute approximate surface area is 217 Å². The fourth-order valence-corrected chi connectivity index (χ4v) is 4.48. The molecule has 0 N–H and O–H groups in total. The number of nitrogens with zero attached hydrogens (tertiary/aromatic N) is 3. The third-order valence-electron chi connectivity index (χ3n) is 5.14. The summed E-state index contributed by atoms with van der Waals surface area (Å²) in [6.07, 6.45) is 5.02. The monoisotopic (exact) mass is 513 g/mol. The van der Waals surface area contributed by atoms with Crippen LogP contribution in [-0.2, 0) is 11.3 Å². The summed E-state index contributed by atoms with van der Waals surface area (Å²) in [5.41, 5.74) is 1.68. The smallest absolute Gasteiger partial charge is 0.267 e. The number of benzene rings is 3. The van der Waals surface area contributed by atoms with Gasteiger partial charge in [-0.1, -0.05) is 54.1 Å². The Morgan fingerprint density at radius 2 is 1.72 bits per heavy atom. The molecule has 1 aliphatic rings. The van der Waals surface area contributed by atoms with Crippen molar-refractivity contribution in [2.24, 2.45) is 10.2 Å². The SMILES string of the molecule is O=C1/C(=C/c2cccc(Oc3ccccc3)c2)S/C(=N\N=C\c2ccc(Cl)cc2)N1Cc1ccco1. The molecule has 0 aliphatic carbocycles. The Balaban J connectivity index is 1.39. The second-order valence-corrected chi connectivity index (χ2v) is 9.19. The summed E-state index contributed by atoms with van der Waals surface area (Å²) in [5, 5.41) is 9.64. The molecule has 5 rings (SSSR count). The number of thioether (sulfide) groups is 1. The molecule has 2 heterocycles. The molecule has 6 nitrogen and oxygen atoms in total. The van der Waals surface area contributed by atoms with Crippen LogP contribution in [0.1, 0.15) is 16.9 Å². The summed E-state index contributed by atoms with van der Waals surface area (Å²) >= 11 is 7.20. The lowest BCUT2D eigenvalue weighted by Crippen LogP contribution is -2.28. The molecule has 0 bridgehead atoms. The van der Waals surface area contributed by atoms with Gasteiger partial charge in [0.25, 0.3) is 5.91 Å².